The first kappa shape index (κ1) is 22.0. The van der Waals surface area contributed by atoms with Gasteiger partial charge in [0.15, 0.2) is 11.5 Å². The number of para-hydroxylation sites is 2. The molecule has 1 aromatic heterocycles. The Morgan fingerprint density at radius 2 is 1.88 bits per heavy atom. The molecule has 0 spiro atoms. The van der Waals surface area contributed by atoms with E-state index >= 15 is 0 Å². The summed E-state index contributed by atoms with van der Waals surface area (Å²) in [5, 5.41) is 3.12. The van der Waals surface area contributed by atoms with Crippen LogP contribution in [-0.4, -0.2) is 41.8 Å². The van der Waals surface area contributed by atoms with Gasteiger partial charge >= 0.3 is 11.9 Å². The summed E-state index contributed by atoms with van der Waals surface area (Å²) in [5.74, 6) is -2.35. The van der Waals surface area contributed by atoms with Gasteiger partial charge in [-0.15, -0.1) is 0 Å². The largest absolute Gasteiger partial charge is 0.460 e. The molecule has 2 aromatic carbocycles. The van der Waals surface area contributed by atoms with Crippen molar-refractivity contribution >= 4 is 57.9 Å². The van der Waals surface area contributed by atoms with Crippen molar-refractivity contribution in [1.29, 1.82) is 0 Å². The molecule has 10 heteroatoms. The number of esters is 2. The number of carbonyl (C=O) groups is 4. The molecule has 1 saturated heterocycles. The number of hydrogen-bond donors (Lipinski definition) is 1. The smallest absolute Gasteiger partial charge is 0.376 e. The van der Waals surface area contributed by atoms with Crippen LogP contribution in [0.2, 0.25) is 0 Å². The Balaban J connectivity index is 1.33. The Labute approximate surface area is 198 Å². The number of ether oxygens (including phenoxy) is 2. The van der Waals surface area contributed by atoms with Crippen molar-refractivity contribution < 1.29 is 33.1 Å². The Bertz CT molecular complexity index is 1330. The molecular weight excluding hydrogens is 460 g/mol. The lowest BCUT2D eigenvalue weighted by molar-refractivity contribution is -0.149. The highest BCUT2D eigenvalue weighted by atomic mass is 32.2. The van der Waals surface area contributed by atoms with Crippen LogP contribution in [0, 0.1) is 0 Å². The van der Waals surface area contributed by atoms with E-state index in [9.17, 15) is 19.2 Å². The number of anilines is 2. The first-order chi connectivity index (χ1) is 16.4. The molecule has 5 rings (SSSR count). The molecule has 34 heavy (non-hydrogen) atoms. The maximum atomic E-state index is 13.1. The lowest BCUT2D eigenvalue weighted by atomic mass is 10.2. The molecule has 1 N–H and O–H groups in total. The van der Waals surface area contributed by atoms with E-state index < -0.39 is 29.3 Å². The zero-order chi connectivity index (χ0) is 23.9. The maximum absolute atomic E-state index is 13.1. The van der Waals surface area contributed by atoms with Crippen molar-refractivity contribution in [2.45, 2.75) is 29.5 Å². The van der Waals surface area contributed by atoms with Gasteiger partial charge in [-0.05, 0) is 31.2 Å². The first-order valence-corrected chi connectivity index (χ1v) is 11.5. The van der Waals surface area contributed by atoms with Gasteiger partial charge in [-0.25, -0.2) is 9.59 Å². The molecule has 0 radical (unpaired) electrons. The number of rotatable bonds is 6. The number of thioether (sulfide) groups is 1. The van der Waals surface area contributed by atoms with Gasteiger partial charge in [-0.1, -0.05) is 36.0 Å². The second-order valence-electron chi connectivity index (χ2n) is 7.73. The average Bonchev–Trinajstić information content (AvgIpc) is 3.48. The molecular formula is C24H20N2O7S. The summed E-state index contributed by atoms with van der Waals surface area (Å²) in [6.07, 6.45) is 0.498. The number of carbonyl (C=O) groups excluding carboxylic acids is 4. The van der Waals surface area contributed by atoms with Crippen molar-refractivity contribution in [3.63, 3.8) is 0 Å². The standard InChI is InChI=1S/C24H20N2O7S/c1-2-31-22(29)21-20(14-7-3-5-9-16(14)33-21)25-18(27)13-32-23(30)24-12-11-19(28)26(24)15-8-4-6-10-17(15)34-24/h3-10H,2,11-13H2,1H3,(H,25,27)/t24-/m1/s1. The van der Waals surface area contributed by atoms with Crippen LogP contribution >= 0.6 is 11.8 Å². The predicted molar refractivity (Wildman–Crippen MR) is 124 cm³/mol. The van der Waals surface area contributed by atoms with Gasteiger partial charge < -0.3 is 19.2 Å². The second kappa shape index (κ2) is 8.53. The van der Waals surface area contributed by atoms with E-state index in [1.165, 1.54) is 16.7 Å². The van der Waals surface area contributed by atoms with Gasteiger partial charge in [-0.2, -0.15) is 0 Å². The summed E-state index contributed by atoms with van der Waals surface area (Å²) >= 11 is 1.26. The molecule has 0 aliphatic carbocycles. The molecule has 3 aromatic rings. The van der Waals surface area contributed by atoms with Gasteiger partial charge in [0, 0.05) is 23.1 Å². The quantitative estimate of drug-likeness (QED) is 0.531. The van der Waals surface area contributed by atoms with Crippen LogP contribution in [0.5, 0.6) is 0 Å². The Morgan fingerprint density at radius 1 is 1.12 bits per heavy atom. The van der Waals surface area contributed by atoms with Crippen LogP contribution in [-0.2, 0) is 23.9 Å². The van der Waals surface area contributed by atoms with Gasteiger partial charge in [0.05, 0.1) is 12.3 Å². The fourth-order valence-corrected chi connectivity index (χ4v) is 5.61. The molecule has 2 aliphatic rings. The third kappa shape index (κ3) is 3.50. The van der Waals surface area contributed by atoms with Crippen molar-refractivity contribution in [3.8, 4) is 0 Å². The Hall–Kier alpha value is -3.79. The van der Waals surface area contributed by atoms with Crippen LogP contribution in [0.3, 0.4) is 0 Å². The van der Waals surface area contributed by atoms with Crippen molar-refractivity contribution in [3.05, 3.63) is 54.3 Å². The van der Waals surface area contributed by atoms with E-state index in [0.29, 0.717) is 16.7 Å². The number of nitrogens with zero attached hydrogens (tertiary/aromatic N) is 1. The molecule has 0 bridgehead atoms. The molecule has 3 heterocycles. The molecule has 1 atom stereocenters. The number of furan rings is 1. The molecule has 9 nitrogen and oxygen atoms in total. The van der Waals surface area contributed by atoms with E-state index in [-0.39, 0.29) is 36.8 Å². The molecule has 2 amide bonds. The fourth-order valence-electron chi connectivity index (χ4n) is 4.20. The van der Waals surface area contributed by atoms with Gasteiger partial charge in [0.1, 0.15) is 11.3 Å². The van der Waals surface area contributed by atoms with Crippen molar-refractivity contribution in [2.24, 2.45) is 0 Å². The summed E-state index contributed by atoms with van der Waals surface area (Å²) in [7, 11) is 0. The normalized spacial score (nSPS) is 18.5. The molecule has 0 unspecified atom stereocenters. The van der Waals surface area contributed by atoms with Crippen LogP contribution in [0.25, 0.3) is 11.0 Å². The number of fused-ring (bicyclic) bond motifs is 4. The monoisotopic (exact) mass is 480 g/mol. The highest BCUT2D eigenvalue weighted by molar-refractivity contribution is 8.02. The maximum Gasteiger partial charge on any atom is 0.376 e. The van der Waals surface area contributed by atoms with E-state index in [4.69, 9.17) is 13.9 Å². The highest BCUT2D eigenvalue weighted by Crippen LogP contribution is 2.56. The van der Waals surface area contributed by atoms with Gasteiger partial charge in [0.2, 0.25) is 11.7 Å². The predicted octanol–water partition coefficient (Wildman–Crippen LogP) is 3.72. The molecule has 0 saturated carbocycles. The number of amides is 2. The van der Waals surface area contributed by atoms with E-state index in [2.05, 4.69) is 5.32 Å². The van der Waals surface area contributed by atoms with E-state index in [0.717, 1.165) is 4.90 Å². The zero-order valence-electron chi connectivity index (χ0n) is 18.2. The van der Waals surface area contributed by atoms with Gasteiger partial charge in [0.25, 0.3) is 5.91 Å². The lowest BCUT2D eigenvalue weighted by Gasteiger charge is -2.28. The summed E-state index contributed by atoms with van der Waals surface area (Å²) in [5.41, 5.74) is 1.21. The third-order valence-corrected chi connectivity index (χ3v) is 7.10. The zero-order valence-corrected chi connectivity index (χ0v) is 19.0. The van der Waals surface area contributed by atoms with Crippen molar-refractivity contribution in [2.75, 3.05) is 23.4 Å². The van der Waals surface area contributed by atoms with Crippen LogP contribution < -0.4 is 10.2 Å². The van der Waals surface area contributed by atoms with Crippen LogP contribution in [0.1, 0.15) is 30.3 Å². The minimum absolute atomic E-state index is 0.137. The summed E-state index contributed by atoms with van der Waals surface area (Å²) in [6, 6.07) is 14.1. The minimum Gasteiger partial charge on any atom is -0.460 e. The average molecular weight is 480 g/mol. The summed E-state index contributed by atoms with van der Waals surface area (Å²) < 4.78 is 16.0. The topological polar surface area (TPSA) is 115 Å². The molecule has 174 valence electrons. The SMILES string of the molecule is CCOC(=O)c1oc2ccccc2c1NC(=O)COC(=O)[C@]12CCC(=O)N1c1ccccc1S2. The lowest BCUT2D eigenvalue weighted by Crippen LogP contribution is -2.48. The number of benzene rings is 2. The van der Waals surface area contributed by atoms with Crippen molar-refractivity contribution in [1.82, 2.24) is 0 Å². The van der Waals surface area contributed by atoms with E-state index in [1.54, 1.807) is 43.3 Å². The second-order valence-corrected chi connectivity index (χ2v) is 9.05. The minimum atomic E-state index is -1.22. The Kier molecular flexibility index (Phi) is 5.52. The van der Waals surface area contributed by atoms with Crippen LogP contribution in [0.4, 0.5) is 11.4 Å². The fraction of sp³-hybridized carbons (Fsp3) is 0.250. The van der Waals surface area contributed by atoms with Crippen LogP contribution in [0.15, 0.2) is 57.8 Å². The summed E-state index contributed by atoms with van der Waals surface area (Å²) in [6.45, 7) is 1.20. The molecule has 2 aliphatic heterocycles. The third-order valence-electron chi connectivity index (χ3n) is 5.65. The number of hydrogen-bond acceptors (Lipinski definition) is 8. The van der Waals surface area contributed by atoms with Gasteiger partial charge in [-0.3, -0.25) is 14.5 Å². The summed E-state index contributed by atoms with van der Waals surface area (Å²) in [4.78, 5) is 51.7. The molecule has 1 fully saturated rings. The Morgan fingerprint density at radius 3 is 2.71 bits per heavy atom. The van der Waals surface area contributed by atoms with E-state index in [1.807, 2.05) is 12.1 Å². The highest BCUT2D eigenvalue weighted by Gasteiger charge is 2.58. The first-order valence-electron chi connectivity index (χ1n) is 10.7. The number of nitrogens with one attached hydrogen (secondary N) is 1.